The highest BCUT2D eigenvalue weighted by atomic mass is 32.2. The van der Waals surface area contributed by atoms with Gasteiger partial charge in [0.05, 0.1) is 0 Å². The van der Waals surface area contributed by atoms with E-state index < -0.39 is 0 Å². The highest BCUT2D eigenvalue weighted by Gasteiger charge is 2.32. The lowest BCUT2D eigenvalue weighted by Crippen LogP contribution is -2.38. The zero-order valence-corrected chi connectivity index (χ0v) is 15.4. The lowest BCUT2D eigenvalue weighted by atomic mass is 10.1. The van der Waals surface area contributed by atoms with Gasteiger partial charge in [-0.3, -0.25) is 4.79 Å². The van der Waals surface area contributed by atoms with Gasteiger partial charge in [-0.15, -0.1) is 10.2 Å². The molecule has 1 saturated heterocycles. The molecule has 1 saturated carbocycles. The Kier molecular flexibility index (Phi) is 4.79. The maximum Gasteiger partial charge on any atom is 0.240 e. The Morgan fingerprint density at radius 1 is 1.12 bits per heavy atom. The monoisotopic (exact) mass is 356 g/mol. The number of likely N-dealkylation sites (tertiary alicyclic amines) is 1. The van der Waals surface area contributed by atoms with E-state index in [1.807, 2.05) is 42.3 Å². The Hall–Kier alpha value is -1.82. The van der Waals surface area contributed by atoms with Gasteiger partial charge in [-0.1, -0.05) is 42.1 Å². The van der Waals surface area contributed by atoms with Crippen LogP contribution in [0.2, 0.25) is 0 Å². The van der Waals surface area contributed by atoms with Crippen LogP contribution in [0.5, 0.6) is 0 Å². The van der Waals surface area contributed by atoms with Crippen LogP contribution < -0.4 is 0 Å². The zero-order valence-electron chi connectivity index (χ0n) is 14.6. The van der Waals surface area contributed by atoms with Gasteiger partial charge in [0.2, 0.25) is 5.91 Å². The Labute approximate surface area is 152 Å². The van der Waals surface area contributed by atoms with Crippen molar-refractivity contribution in [3.05, 3.63) is 41.7 Å². The first kappa shape index (κ1) is 16.6. The molecule has 25 heavy (non-hydrogen) atoms. The predicted molar refractivity (Wildman–Crippen MR) is 98.4 cm³/mol. The molecule has 0 unspecified atom stereocenters. The number of carbonyl (C=O) groups excluding carboxylic acids is 1. The summed E-state index contributed by atoms with van der Waals surface area (Å²) >= 11 is 1.53. The fraction of sp³-hybridized carbons (Fsp3) is 0.526. The number of benzene rings is 1. The van der Waals surface area contributed by atoms with Crippen molar-refractivity contribution < 1.29 is 4.79 Å². The summed E-state index contributed by atoms with van der Waals surface area (Å²) in [4.78, 5) is 15.2. The molecule has 1 aromatic carbocycles. The molecule has 2 aliphatic rings. The third-order valence-electron chi connectivity index (χ3n) is 5.03. The molecule has 132 valence electrons. The van der Waals surface area contributed by atoms with Crippen LogP contribution >= 0.6 is 11.8 Å². The van der Waals surface area contributed by atoms with E-state index in [1.54, 1.807) is 0 Å². The predicted octanol–water partition coefficient (Wildman–Crippen LogP) is 3.54. The number of piperidine rings is 1. The standard InChI is InChI=1S/C19H24N4OS/c1-22-17(15-10-11-15)20-21-19(22)25-16(14-8-4-2-5-9-14)18(24)23-12-6-3-7-13-23/h2,4-5,8-9,15-16H,3,6-7,10-13H2,1H3/t16-/m1/s1. The average Bonchev–Trinajstić information content (AvgIpc) is 3.44. The fourth-order valence-corrected chi connectivity index (χ4v) is 4.49. The van der Waals surface area contributed by atoms with Crippen LogP contribution in [0.4, 0.5) is 0 Å². The van der Waals surface area contributed by atoms with Gasteiger partial charge in [0, 0.05) is 26.1 Å². The maximum absolute atomic E-state index is 13.2. The molecule has 1 amide bonds. The number of hydrogen-bond acceptors (Lipinski definition) is 4. The number of carbonyl (C=O) groups is 1. The Balaban J connectivity index is 1.60. The normalized spacial score (nSPS) is 19.0. The van der Waals surface area contributed by atoms with Crippen molar-refractivity contribution in [2.45, 2.75) is 48.4 Å². The highest BCUT2D eigenvalue weighted by molar-refractivity contribution is 8.00. The molecule has 2 aromatic rings. The molecule has 0 radical (unpaired) electrons. The SMILES string of the molecule is Cn1c(S[C@@H](C(=O)N2CCCCC2)c2ccccc2)nnc1C1CC1. The summed E-state index contributed by atoms with van der Waals surface area (Å²) in [6.45, 7) is 1.74. The molecule has 1 aliphatic carbocycles. The Bertz CT molecular complexity index is 735. The molecule has 6 heteroatoms. The first-order valence-corrected chi connectivity index (χ1v) is 10.0. The Morgan fingerprint density at radius 2 is 1.84 bits per heavy atom. The second kappa shape index (κ2) is 7.20. The summed E-state index contributed by atoms with van der Waals surface area (Å²) in [6, 6.07) is 10.1. The van der Waals surface area contributed by atoms with Crippen molar-refractivity contribution in [1.82, 2.24) is 19.7 Å². The topological polar surface area (TPSA) is 51.0 Å². The molecule has 0 N–H and O–H groups in total. The minimum Gasteiger partial charge on any atom is -0.341 e. The van der Waals surface area contributed by atoms with Crippen LogP contribution in [0.25, 0.3) is 0 Å². The molecule has 2 heterocycles. The lowest BCUT2D eigenvalue weighted by Gasteiger charge is -2.30. The summed E-state index contributed by atoms with van der Waals surface area (Å²) in [5.74, 6) is 1.81. The van der Waals surface area contributed by atoms with Crippen LogP contribution in [0.1, 0.15) is 54.7 Å². The van der Waals surface area contributed by atoms with Gasteiger partial charge in [-0.25, -0.2) is 0 Å². The molecule has 1 atom stereocenters. The quantitative estimate of drug-likeness (QED) is 0.769. The van der Waals surface area contributed by atoms with Gasteiger partial charge in [0.15, 0.2) is 5.16 Å². The summed E-state index contributed by atoms with van der Waals surface area (Å²) < 4.78 is 2.07. The van der Waals surface area contributed by atoms with Gasteiger partial charge in [-0.2, -0.15) is 0 Å². The van der Waals surface area contributed by atoms with Crippen LogP contribution in [0.3, 0.4) is 0 Å². The van der Waals surface area contributed by atoms with E-state index in [1.165, 1.54) is 31.0 Å². The van der Waals surface area contributed by atoms with Gasteiger partial charge >= 0.3 is 0 Å². The molecular weight excluding hydrogens is 332 g/mol. The fourth-order valence-electron chi connectivity index (χ4n) is 3.40. The summed E-state index contributed by atoms with van der Waals surface area (Å²) in [5.41, 5.74) is 1.04. The number of amides is 1. The second-order valence-electron chi connectivity index (χ2n) is 6.97. The van der Waals surface area contributed by atoms with Crippen molar-refractivity contribution in [2.24, 2.45) is 7.05 Å². The first-order valence-electron chi connectivity index (χ1n) is 9.13. The molecule has 1 aromatic heterocycles. The van der Waals surface area contributed by atoms with E-state index in [2.05, 4.69) is 14.8 Å². The van der Waals surface area contributed by atoms with Crippen molar-refractivity contribution in [3.8, 4) is 0 Å². The van der Waals surface area contributed by atoms with Gasteiger partial charge in [0.1, 0.15) is 11.1 Å². The lowest BCUT2D eigenvalue weighted by molar-refractivity contribution is -0.131. The largest absolute Gasteiger partial charge is 0.341 e. The van der Waals surface area contributed by atoms with Gasteiger partial charge in [-0.05, 0) is 37.7 Å². The number of nitrogens with zero attached hydrogens (tertiary/aromatic N) is 4. The van der Waals surface area contributed by atoms with Crippen molar-refractivity contribution in [2.75, 3.05) is 13.1 Å². The molecular formula is C19H24N4OS. The molecule has 5 nitrogen and oxygen atoms in total. The second-order valence-corrected chi connectivity index (χ2v) is 8.04. The average molecular weight is 356 g/mol. The van der Waals surface area contributed by atoms with Crippen molar-refractivity contribution >= 4 is 17.7 Å². The number of aromatic nitrogens is 3. The van der Waals surface area contributed by atoms with Gasteiger partial charge in [0.25, 0.3) is 0 Å². The molecule has 1 aliphatic heterocycles. The minimum absolute atomic E-state index is 0.201. The summed E-state index contributed by atoms with van der Waals surface area (Å²) in [7, 11) is 2.02. The number of thioether (sulfide) groups is 1. The van der Waals surface area contributed by atoms with Crippen LogP contribution in [-0.2, 0) is 11.8 Å². The van der Waals surface area contributed by atoms with E-state index in [9.17, 15) is 4.79 Å². The molecule has 0 spiro atoms. The number of rotatable bonds is 5. The zero-order chi connectivity index (χ0) is 17.2. The molecule has 4 rings (SSSR count). The Morgan fingerprint density at radius 3 is 2.52 bits per heavy atom. The van der Waals surface area contributed by atoms with Gasteiger partial charge < -0.3 is 9.47 Å². The molecule has 2 fully saturated rings. The number of hydrogen-bond donors (Lipinski definition) is 0. The van der Waals surface area contributed by atoms with E-state index in [4.69, 9.17) is 0 Å². The van der Waals surface area contributed by atoms with Crippen LogP contribution in [0.15, 0.2) is 35.5 Å². The van der Waals surface area contributed by atoms with Crippen molar-refractivity contribution in [1.29, 1.82) is 0 Å². The van der Waals surface area contributed by atoms with Crippen LogP contribution in [-0.4, -0.2) is 38.7 Å². The van der Waals surface area contributed by atoms with Crippen molar-refractivity contribution in [3.63, 3.8) is 0 Å². The summed E-state index contributed by atoms with van der Waals surface area (Å²) in [6.07, 6.45) is 5.83. The maximum atomic E-state index is 13.2. The highest BCUT2D eigenvalue weighted by Crippen LogP contribution is 2.41. The molecule has 0 bridgehead atoms. The minimum atomic E-state index is -0.255. The summed E-state index contributed by atoms with van der Waals surface area (Å²) in [5, 5.41) is 9.32. The van der Waals surface area contributed by atoms with E-state index in [0.29, 0.717) is 5.92 Å². The smallest absolute Gasteiger partial charge is 0.240 e. The third-order valence-corrected chi connectivity index (χ3v) is 6.30. The first-order chi connectivity index (χ1) is 12.2. The van der Waals surface area contributed by atoms with Crippen LogP contribution in [0, 0.1) is 0 Å². The van der Waals surface area contributed by atoms with E-state index in [0.717, 1.165) is 42.5 Å². The van der Waals surface area contributed by atoms with E-state index in [-0.39, 0.29) is 11.2 Å². The third kappa shape index (κ3) is 3.59. The van der Waals surface area contributed by atoms with E-state index >= 15 is 0 Å².